The zero-order chi connectivity index (χ0) is 20.1. The number of hydrogen-bond acceptors (Lipinski definition) is 4. The van der Waals surface area contributed by atoms with Crippen molar-refractivity contribution in [3.05, 3.63) is 78.1 Å². The highest BCUT2D eigenvalue weighted by Gasteiger charge is 2.14. The van der Waals surface area contributed by atoms with E-state index in [1.807, 2.05) is 28.8 Å². The first-order chi connectivity index (χ1) is 14.2. The summed E-state index contributed by atoms with van der Waals surface area (Å²) in [5.41, 5.74) is 4.40. The molecular weight excluding hydrogens is 360 g/mol. The first-order valence-corrected chi connectivity index (χ1v) is 10.1. The summed E-state index contributed by atoms with van der Waals surface area (Å²) in [6.45, 7) is 5.72. The minimum absolute atomic E-state index is 0.678. The second-order valence-corrected chi connectivity index (χ2v) is 7.16. The van der Waals surface area contributed by atoms with E-state index in [2.05, 4.69) is 60.5 Å². The molecule has 0 amide bonds. The Hall–Kier alpha value is -3.34. The summed E-state index contributed by atoms with van der Waals surface area (Å²) in [5, 5.41) is 3.56. The molecule has 2 heterocycles. The average molecular weight is 386 g/mol. The average Bonchev–Trinajstić information content (AvgIpc) is 3.13. The van der Waals surface area contributed by atoms with E-state index in [0.29, 0.717) is 12.3 Å². The fourth-order valence-electron chi connectivity index (χ4n) is 3.19. The Kier molecular flexibility index (Phi) is 5.75. The number of ether oxygens (including phenoxy) is 1. The van der Waals surface area contributed by atoms with Crippen LogP contribution in [0.5, 0.6) is 5.75 Å². The fraction of sp³-hybridized carbons (Fsp3) is 0.250. The molecule has 0 unspecified atom stereocenters. The Labute approximate surface area is 171 Å². The molecule has 4 aromatic rings. The highest BCUT2D eigenvalue weighted by atomic mass is 16.5. The minimum atomic E-state index is 0.678. The van der Waals surface area contributed by atoms with E-state index in [1.54, 1.807) is 6.20 Å². The number of unbranched alkanes of at least 4 members (excludes halogenated alkanes) is 1. The molecule has 5 heteroatoms. The molecule has 5 nitrogen and oxygen atoms in total. The smallest absolute Gasteiger partial charge is 0.235 e. The summed E-state index contributed by atoms with van der Waals surface area (Å²) in [6.07, 6.45) is 5.94. The van der Waals surface area contributed by atoms with Crippen LogP contribution in [0.15, 0.2) is 67.0 Å². The van der Waals surface area contributed by atoms with E-state index in [9.17, 15) is 0 Å². The van der Waals surface area contributed by atoms with Crippen LogP contribution in [0.3, 0.4) is 0 Å². The Morgan fingerprint density at radius 3 is 2.59 bits per heavy atom. The van der Waals surface area contributed by atoms with Crippen LogP contribution in [-0.2, 0) is 6.54 Å². The third-order valence-corrected chi connectivity index (χ3v) is 4.88. The molecule has 148 valence electrons. The Bertz CT molecular complexity index is 1070. The molecule has 4 rings (SSSR count). The normalized spacial score (nSPS) is 11.0. The van der Waals surface area contributed by atoms with Crippen molar-refractivity contribution in [3.63, 3.8) is 0 Å². The number of hydrogen-bond donors (Lipinski definition) is 1. The first kappa shape index (κ1) is 19.0. The molecule has 0 radical (unpaired) electrons. The molecule has 2 aromatic heterocycles. The van der Waals surface area contributed by atoms with Gasteiger partial charge in [0.25, 0.3) is 0 Å². The molecule has 0 atom stereocenters. The summed E-state index contributed by atoms with van der Waals surface area (Å²) in [4.78, 5) is 9.17. The van der Waals surface area contributed by atoms with Crippen molar-refractivity contribution in [2.45, 2.75) is 33.2 Å². The van der Waals surface area contributed by atoms with E-state index in [1.165, 1.54) is 11.1 Å². The van der Waals surface area contributed by atoms with Gasteiger partial charge < -0.3 is 10.1 Å². The highest BCUT2D eigenvalue weighted by molar-refractivity contribution is 5.75. The maximum Gasteiger partial charge on any atom is 0.235 e. The zero-order valence-electron chi connectivity index (χ0n) is 16.9. The first-order valence-electron chi connectivity index (χ1n) is 10.1. The van der Waals surface area contributed by atoms with Crippen molar-refractivity contribution in [2.24, 2.45) is 0 Å². The number of anilines is 1. The van der Waals surface area contributed by atoms with Crippen LogP contribution in [-0.4, -0.2) is 21.0 Å². The number of fused-ring (bicyclic) bond motifs is 1. The monoisotopic (exact) mass is 386 g/mol. The minimum Gasteiger partial charge on any atom is -0.494 e. The van der Waals surface area contributed by atoms with Gasteiger partial charge in [0.15, 0.2) is 0 Å². The lowest BCUT2D eigenvalue weighted by atomic mass is 10.1. The predicted molar refractivity (Wildman–Crippen MR) is 117 cm³/mol. The fourth-order valence-corrected chi connectivity index (χ4v) is 3.19. The summed E-state index contributed by atoms with van der Waals surface area (Å²) >= 11 is 0. The van der Waals surface area contributed by atoms with Gasteiger partial charge >= 0.3 is 0 Å². The maximum atomic E-state index is 5.79. The van der Waals surface area contributed by atoms with E-state index in [4.69, 9.17) is 9.72 Å². The van der Waals surface area contributed by atoms with Crippen LogP contribution in [0.1, 0.15) is 30.9 Å². The van der Waals surface area contributed by atoms with Crippen LogP contribution in [0, 0.1) is 6.92 Å². The molecule has 0 aliphatic rings. The summed E-state index contributed by atoms with van der Waals surface area (Å²) in [6, 6.07) is 18.6. The molecule has 0 aliphatic carbocycles. The molecular formula is C24H26N4O. The molecule has 0 saturated carbocycles. The molecule has 0 bridgehead atoms. The van der Waals surface area contributed by atoms with Crippen LogP contribution < -0.4 is 10.1 Å². The largest absolute Gasteiger partial charge is 0.494 e. The quantitative estimate of drug-likeness (QED) is 0.407. The number of nitrogens with one attached hydrogen (secondary N) is 1. The van der Waals surface area contributed by atoms with Crippen molar-refractivity contribution in [3.8, 4) is 17.0 Å². The lowest BCUT2D eigenvalue weighted by molar-refractivity contribution is 0.309. The lowest BCUT2D eigenvalue weighted by Gasteiger charge is -2.10. The van der Waals surface area contributed by atoms with Crippen molar-refractivity contribution < 1.29 is 4.74 Å². The topological polar surface area (TPSA) is 51.5 Å². The SMILES string of the molecule is CCCCOc1ccc(-c2nc3ncccn3c2NCc2ccc(C)cc2)cc1. The van der Waals surface area contributed by atoms with Gasteiger partial charge in [-0.15, -0.1) is 0 Å². The second kappa shape index (κ2) is 8.78. The third-order valence-electron chi connectivity index (χ3n) is 4.88. The standard InChI is InChI=1S/C24H26N4O/c1-3-4-16-29-21-12-10-20(11-13-21)22-23(28-15-5-14-25-24(28)27-22)26-17-19-8-6-18(2)7-9-19/h5-15,26H,3-4,16-17H2,1-2H3. The lowest BCUT2D eigenvalue weighted by Crippen LogP contribution is -2.03. The van der Waals surface area contributed by atoms with Crippen LogP contribution >= 0.6 is 0 Å². The van der Waals surface area contributed by atoms with Crippen molar-refractivity contribution in [1.82, 2.24) is 14.4 Å². The van der Waals surface area contributed by atoms with Crippen molar-refractivity contribution >= 4 is 11.6 Å². The van der Waals surface area contributed by atoms with E-state index in [0.717, 1.165) is 42.3 Å². The third kappa shape index (κ3) is 4.40. The van der Waals surface area contributed by atoms with Gasteiger partial charge in [-0.1, -0.05) is 43.2 Å². The van der Waals surface area contributed by atoms with E-state index >= 15 is 0 Å². The predicted octanol–water partition coefficient (Wildman–Crippen LogP) is 5.50. The van der Waals surface area contributed by atoms with Gasteiger partial charge in [0, 0.05) is 24.5 Å². The van der Waals surface area contributed by atoms with Gasteiger partial charge in [-0.3, -0.25) is 4.40 Å². The summed E-state index contributed by atoms with van der Waals surface area (Å²) in [5.74, 6) is 2.50. The van der Waals surface area contributed by atoms with Gasteiger partial charge in [0.1, 0.15) is 17.3 Å². The van der Waals surface area contributed by atoms with Crippen molar-refractivity contribution in [1.29, 1.82) is 0 Å². The Balaban J connectivity index is 1.61. The number of aromatic nitrogens is 3. The van der Waals surface area contributed by atoms with Crippen LogP contribution in [0.25, 0.3) is 17.0 Å². The van der Waals surface area contributed by atoms with Crippen LogP contribution in [0.4, 0.5) is 5.82 Å². The zero-order valence-corrected chi connectivity index (χ0v) is 16.9. The van der Waals surface area contributed by atoms with Crippen molar-refractivity contribution in [2.75, 3.05) is 11.9 Å². The van der Waals surface area contributed by atoms with Gasteiger partial charge in [0.2, 0.25) is 5.78 Å². The number of aryl methyl sites for hydroxylation is 1. The second-order valence-electron chi connectivity index (χ2n) is 7.16. The van der Waals surface area contributed by atoms with E-state index in [-0.39, 0.29) is 0 Å². The Morgan fingerprint density at radius 2 is 1.83 bits per heavy atom. The van der Waals surface area contributed by atoms with Gasteiger partial charge in [0.05, 0.1) is 6.61 Å². The molecule has 0 aliphatic heterocycles. The number of imidazole rings is 1. The van der Waals surface area contributed by atoms with Gasteiger partial charge in [-0.25, -0.2) is 9.97 Å². The maximum absolute atomic E-state index is 5.79. The number of nitrogens with zero attached hydrogens (tertiary/aromatic N) is 3. The molecule has 2 aromatic carbocycles. The Morgan fingerprint density at radius 1 is 1.03 bits per heavy atom. The summed E-state index contributed by atoms with van der Waals surface area (Å²) < 4.78 is 7.78. The molecule has 0 spiro atoms. The number of rotatable bonds is 8. The van der Waals surface area contributed by atoms with E-state index < -0.39 is 0 Å². The van der Waals surface area contributed by atoms with Gasteiger partial charge in [-0.05, 0) is 49.2 Å². The summed E-state index contributed by atoms with van der Waals surface area (Å²) in [7, 11) is 0. The molecule has 29 heavy (non-hydrogen) atoms. The van der Waals surface area contributed by atoms with Crippen LogP contribution in [0.2, 0.25) is 0 Å². The number of benzene rings is 2. The highest BCUT2D eigenvalue weighted by Crippen LogP contribution is 2.30. The molecule has 1 N–H and O–H groups in total. The van der Waals surface area contributed by atoms with Gasteiger partial charge in [-0.2, -0.15) is 0 Å². The molecule has 0 saturated heterocycles. The molecule has 0 fully saturated rings.